The van der Waals surface area contributed by atoms with Crippen molar-refractivity contribution in [2.75, 3.05) is 12.8 Å². The van der Waals surface area contributed by atoms with E-state index in [0.717, 1.165) is 18.4 Å². The third kappa shape index (κ3) is 4.61. The van der Waals surface area contributed by atoms with Crippen molar-refractivity contribution in [2.45, 2.75) is 31.8 Å². The van der Waals surface area contributed by atoms with Gasteiger partial charge >= 0.3 is 0 Å². The Morgan fingerprint density at radius 1 is 1.30 bits per heavy atom. The zero-order chi connectivity index (χ0) is 14.6. The van der Waals surface area contributed by atoms with Crippen molar-refractivity contribution in [1.82, 2.24) is 9.62 Å². The monoisotopic (exact) mass is 296 g/mol. The van der Waals surface area contributed by atoms with Crippen molar-refractivity contribution in [3.05, 3.63) is 35.9 Å². The summed E-state index contributed by atoms with van der Waals surface area (Å²) in [7, 11) is -3.21. The molecule has 0 radical (unpaired) electrons. The highest BCUT2D eigenvalue weighted by Crippen LogP contribution is 2.28. The molecule has 1 saturated carbocycles. The van der Waals surface area contributed by atoms with Crippen LogP contribution in [0.4, 0.5) is 0 Å². The van der Waals surface area contributed by atoms with Gasteiger partial charge in [0, 0.05) is 25.6 Å². The molecule has 0 aliphatic heterocycles. The summed E-state index contributed by atoms with van der Waals surface area (Å²) in [5.41, 5.74) is 1.03. The summed E-state index contributed by atoms with van der Waals surface area (Å²) in [6, 6.07) is 9.73. The molecule has 5 nitrogen and oxygen atoms in total. The number of hydrogen-bond acceptors (Lipinski definition) is 3. The summed E-state index contributed by atoms with van der Waals surface area (Å²) >= 11 is 0. The zero-order valence-corrected chi connectivity index (χ0v) is 12.4. The van der Waals surface area contributed by atoms with E-state index in [2.05, 4.69) is 5.32 Å². The first-order chi connectivity index (χ1) is 9.47. The highest BCUT2D eigenvalue weighted by atomic mass is 32.2. The second-order valence-electron chi connectivity index (χ2n) is 5.12. The Balaban J connectivity index is 1.77. The van der Waals surface area contributed by atoms with Crippen molar-refractivity contribution in [3.63, 3.8) is 0 Å². The van der Waals surface area contributed by atoms with Gasteiger partial charge < -0.3 is 5.32 Å². The van der Waals surface area contributed by atoms with Gasteiger partial charge in [0.15, 0.2) is 0 Å². The molecule has 1 aromatic carbocycles. The van der Waals surface area contributed by atoms with E-state index in [9.17, 15) is 13.2 Å². The molecule has 0 spiro atoms. The smallest absolute Gasteiger partial charge is 0.221 e. The third-order valence-electron chi connectivity index (χ3n) is 3.27. The number of sulfonamides is 1. The van der Waals surface area contributed by atoms with Gasteiger partial charge in [0.2, 0.25) is 15.9 Å². The van der Waals surface area contributed by atoms with Gasteiger partial charge in [-0.2, -0.15) is 4.31 Å². The lowest BCUT2D eigenvalue weighted by molar-refractivity contribution is -0.121. The van der Waals surface area contributed by atoms with E-state index in [1.54, 1.807) is 0 Å². The van der Waals surface area contributed by atoms with Gasteiger partial charge in [-0.1, -0.05) is 30.3 Å². The fourth-order valence-corrected chi connectivity index (χ4v) is 3.25. The van der Waals surface area contributed by atoms with Crippen LogP contribution < -0.4 is 5.32 Å². The molecule has 6 heteroatoms. The molecule has 0 aromatic heterocycles. The molecule has 0 atom stereocenters. The molecule has 1 aromatic rings. The number of nitrogens with one attached hydrogen (secondary N) is 1. The van der Waals surface area contributed by atoms with Crippen LogP contribution in [-0.4, -0.2) is 37.5 Å². The highest BCUT2D eigenvalue weighted by Gasteiger charge is 2.34. The third-order valence-corrected chi connectivity index (χ3v) is 4.60. The maximum Gasteiger partial charge on any atom is 0.221 e. The summed E-state index contributed by atoms with van der Waals surface area (Å²) in [6.45, 7) is 0.742. The second-order valence-corrected chi connectivity index (χ2v) is 7.05. The van der Waals surface area contributed by atoms with Crippen molar-refractivity contribution in [1.29, 1.82) is 0 Å². The summed E-state index contributed by atoms with van der Waals surface area (Å²) in [4.78, 5) is 11.8. The van der Waals surface area contributed by atoms with E-state index in [1.807, 2.05) is 30.3 Å². The molecule has 0 unspecified atom stereocenters. The van der Waals surface area contributed by atoms with Crippen LogP contribution in [0.1, 0.15) is 24.8 Å². The van der Waals surface area contributed by atoms with Crippen LogP contribution in [0, 0.1) is 0 Å². The van der Waals surface area contributed by atoms with Crippen molar-refractivity contribution < 1.29 is 13.2 Å². The van der Waals surface area contributed by atoms with Gasteiger partial charge in [-0.05, 0) is 18.4 Å². The lowest BCUT2D eigenvalue weighted by Crippen LogP contribution is -2.36. The summed E-state index contributed by atoms with van der Waals surface area (Å²) in [6.07, 6.45) is 3.21. The average molecular weight is 296 g/mol. The lowest BCUT2D eigenvalue weighted by atomic mass is 10.2. The molecule has 1 fully saturated rings. The zero-order valence-electron chi connectivity index (χ0n) is 11.6. The van der Waals surface area contributed by atoms with E-state index >= 15 is 0 Å². The molecule has 110 valence electrons. The minimum atomic E-state index is -3.21. The molecule has 0 heterocycles. The maximum absolute atomic E-state index is 11.8. The molecule has 2 rings (SSSR count). The molecule has 1 aliphatic rings. The number of amides is 1. The van der Waals surface area contributed by atoms with E-state index in [-0.39, 0.29) is 24.9 Å². The van der Waals surface area contributed by atoms with Crippen LogP contribution >= 0.6 is 0 Å². The average Bonchev–Trinajstić information content (AvgIpc) is 3.21. The van der Waals surface area contributed by atoms with E-state index in [1.165, 1.54) is 10.6 Å². The predicted molar refractivity (Wildman–Crippen MR) is 77.5 cm³/mol. The van der Waals surface area contributed by atoms with Crippen LogP contribution in [0.2, 0.25) is 0 Å². The van der Waals surface area contributed by atoms with Gasteiger partial charge in [-0.15, -0.1) is 0 Å². The fourth-order valence-electron chi connectivity index (χ4n) is 2.08. The summed E-state index contributed by atoms with van der Waals surface area (Å²) in [5.74, 6) is -0.122. The van der Waals surface area contributed by atoms with Crippen LogP contribution in [-0.2, 0) is 21.4 Å². The Labute approximate surface area is 120 Å². The Morgan fingerprint density at radius 3 is 2.50 bits per heavy atom. The van der Waals surface area contributed by atoms with Crippen molar-refractivity contribution >= 4 is 15.9 Å². The Kier molecular flexibility index (Phi) is 4.77. The van der Waals surface area contributed by atoms with Crippen LogP contribution in [0.15, 0.2) is 30.3 Å². The molecule has 0 bridgehead atoms. The van der Waals surface area contributed by atoms with Crippen molar-refractivity contribution in [3.8, 4) is 0 Å². The van der Waals surface area contributed by atoms with Gasteiger partial charge in [-0.25, -0.2) is 8.42 Å². The number of nitrogens with zero attached hydrogens (tertiary/aromatic N) is 1. The normalized spacial score (nSPS) is 15.3. The summed E-state index contributed by atoms with van der Waals surface area (Å²) in [5, 5.41) is 2.80. The maximum atomic E-state index is 11.8. The summed E-state index contributed by atoms with van der Waals surface area (Å²) < 4.78 is 24.6. The fraction of sp³-hybridized carbons (Fsp3) is 0.500. The Hall–Kier alpha value is -1.40. The molecule has 20 heavy (non-hydrogen) atoms. The molecule has 1 aliphatic carbocycles. The number of benzene rings is 1. The van der Waals surface area contributed by atoms with Gasteiger partial charge in [0.1, 0.15) is 0 Å². The second kappa shape index (κ2) is 6.37. The number of rotatable bonds is 7. The number of hydrogen-bond donors (Lipinski definition) is 1. The van der Waals surface area contributed by atoms with Gasteiger partial charge in [0.05, 0.1) is 6.26 Å². The quantitative estimate of drug-likeness (QED) is 0.820. The van der Waals surface area contributed by atoms with Crippen LogP contribution in [0.25, 0.3) is 0 Å². The molecule has 1 amide bonds. The molecular formula is C14H20N2O3S. The molecule has 1 N–H and O–H groups in total. The van der Waals surface area contributed by atoms with E-state index < -0.39 is 10.0 Å². The van der Waals surface area contributed by atoms with Gasteiger partial charge in [0.25, 0.3) is 0 Å². The standard InChI is InChI=1S/C14H20N2O3S/c1-20(18,19)16(13-7-8-13)10-9-14(17)15-11-12-5-3-2-4-6-12/h2-6,13H,7-11H2,1H3,(H,15,17). The number of carbonyl (C=O) groups excluding carboxylic acids is 1. The molecule has 0 saturated heterocycles. The lowest BCUT2D eigenvalue weighted by Gasteiger charge is -2.18. The number of carbonyl (C=O) groups is 1. The Morgan fingerprint density at radius 2 is 1.95 bits per heavy atom. The minimum absolute atomic E-state index is 0.104. The van der Waals surface area contributed by atoms with E-state index in [4.69, 9.17) is 0 Å². The minimum Gasteiger partial charge on any atom is -0.352 e. The first-order valence-corrected chi connectivity index (χ1v) is 8.59. The predicted octanol–water partition coefficient (Wildman–Crippen LogP) is 1.12. The van der Waals surface area contributed by atoms with Crippen LogP contribution in [0.3, 0.4) is 0 Å². The SMILES string of the molecule is CS(=O)(=O)N(CCC(=O)NCc1ccccc1)C1CC1. The first-order valence-electron chi connectivity index (χ1n) is 6.74. The van der Waals surface area contributed by atoms with Gasteiger partial charge in [-0.3, -0.25) is 4.79 Å². The first kappa shape index (κ1) is 15.0. The Bertz CT molecular complexity index is 553. The topological polar surface area (TPSA) is 66.5 Å². The van der Waals surface area contributed by atoms with Crippen molar-refractivity contribution in [2.24, 2.45) is 0 Å². The highest BCUT2D eigenvalue weighted by molar-refractivity contribution is 7.88. The van der Waals surface area contributed by atoms with E-state index in [0.29, 0.717) is 6.54 Å². The largest absolute Gasteiger partial charge is 0.352 e. The van der Waals surface area contributed by atoms with Crippen LogP contribution in [0.5, 0.6) is 0 Å². The molecular weight excluding hydrogens is 276 g/mol.